The number of ether oxygens (including phenoxy) is 1. The highest BCUT2D eigenvalue weighted by Crippen LogP contribution is 2.18. The number of carbonyl (C=O) groups is 1. The topological polar surface area (TPSA) is 64.3 Å². The SMILES string of the molecule is COc1cc(C(=O)NCC(C)CCN)ccc1C. The van der Waals surface area contributed by atoms with Crippen LogP contribution in [0.2, 0.25) is 0 Å². The summed E-state index contributed by atoms with van der Waals surface area (Å²) in [4.78, 5) is 11.9. The van der Waals surface area contributed by atoms with E-state index >= 15 is 0 Å². The zero-order chi connectivity index (χ0) is 13.5. The van der Waals surface area contributed by atoms with Crippen LogP contribution in [0.4, 0.5) is 0 Å². The third-order valence-corrected chi connectivity index (χ3v) is 2.94. The predicted octanol–water partition coefficient (Wildman–Crippen LogP) is 1.72. The summed E-state index contributed by atoms with van der Waals surface area (Å²) in [5.74, 6) is 1.06. The van der Waals surface area contributed by atoms with Crippen molar-refractivity contribution in [2.24, 2.45) is 11.7 Å². The Bertz CT molecular complexity index is 405. The van der Waals surface area contributed by atoms with Crippen molar-refractivity contribution in [3.8, 4) is 5.75 Å². The normalized spacial score (nSPS) is 12.0. The molecular formula is C14H22N2O2. The molecule has 1 aromatic rings. The zero-order valence-corrected chi connectivity index (χ0v) is 11.3. The molecule has 0 radical (unpaired) electrons. The van der Waals surface area contributed by atoms with Gasteiger partial charge in [0.05, 0.1) is 7.11 Å². The molecule has 1 rings (SSSR count). The van der Waals surface area contributed by atoms with Crippen LogP contribution in [0.5, 0.6) is 5.75 Å². The van der Waals surface area contributed by atoms with Gasteiger partial charge in [0.2, 0.25) is 0 Å². The van der Waals surface area contributed by atoms with Gasteiger partial charge in [-0.3, -0.25) is 4.79 Å². The van der Waals surface area contributed by atoms with Gasteiger partial charge in [-0.1, -0.05) is 13.0 Å². The first kappa shape index (κ1) is 14.5. The van der Waals surface area contributed by atoms with Crippen molar-refractivity contribution in [2.75, 3.05) is 20.2 Å². The van der Waals surface area contributed by atoms with Crippen LogP contribution in [0, 0.1) is 12.8 Å². The van der Waals surface area contributed by atoms with Crippen LogP contribution in [0.1, 0.15) is 29.3 Å². The summed E-state index contributed by atoms with van der Waals surface area (Å²) < 4.78 is 5.20. The Balaban J connectivity index is 2.61. The van der Waals surface area contributed by atoms with Crippen molar-refractivity contribution in [1.82, 2.24) is 5.32 Å². The lowest BCUT2D eigenvalue weighted by Gasteiger charge is -2.12. The van der Waals surface area contributed by atoms with Crippen molar-refractivity contribution >= 4 is 5.91 Å². The second kappa shape index (κ2) is 7.01. The van der Waals surface area contributed by atoms with Gasteiger partial charge >= 0.3 is 0 Å². The molecule has 0 spiro atoms. The molecule has 0 heterocycles. The summed E-state index contributed by atoms with van der Waals surface area (Å²) in [6.07, 6.45) is 0.914. The van der Waals surface area contributed by atoms with E-state index < -0.39 is 0 Å². The number of benzene rings is 1. The molecule has 0 fully saturated rings. The molecule has 0 aliphatic carbocycles. The van der Waals surface area contributed by atoms with Gasteiger partial charge in [0.1, 0.15) is 5.75 Å². The Labute approximate surface area is 109 Å². The van der Waals surface area contributed by atoms with E-state index in [0.717, 1.165) is 17.7 Å². The van der Waals surface area contributed by atoms with Crippen LogP contribution < -0.4 is 15.8 Å². The van der Waals surface area contributed by atoms with Crippen molar-refractivity contribution in [3.05, 3.63) is 29.3 Å². The van der Waals surface area contributed by atoms with Gasteiger partial charge in [-0.05, 0) is 43.5 Å². The molecule has 4 nitrogen and oxygen atoms in total. The summed E-state index contributed by atoms with van der Waals surface area (Å²) in [6.45, 7) is 5.31. The number of aryl methyl sites for hydroxylation is 1. The van der Waals surface area contributed by atoms with Gasteiger partial charge in [-0.2, -0.15) is 0 Å². The van der Waals surface area contributed by atoms with Gasteiger partial charge < -0.3 is 15.8 Å². The maximum Gasteiger partial charge on any atom is 0.251 e. The number of nitrogens with two attached hydrogens (primary N) is 1. The molecule has 3 N–H and O–H groups in total. The van der Waals surface area contributed by atoms with E-state index in [1.54, 1.807) is 19.2 Å². The first-order valence-corrected chi connectivity index (χ1v) is 6.21. The second-order valence-corrected chi connectivity index (χ2v) is 4.58. The summed E-state index contributed by atoms with van der Waals surface area (Å²) >= 11 is 0. The molecule has 0 aliphatic rings. The standard InChI is InChI=1S/C14H22N2O2/c1-10(6-7-15)9-16-14(17)12-5-4-11(2)13(8-12)18-3/h4-5,8,10H,6-7,9,15H2,1-3H3,(H,16,17). The first-order chi connectivity index (χ1) is 8.58. The number of carbonyl (C=O) groups excluding carboxylic acids is 1. The molecule has 0 saturated heterocycles. The van der Waals surface area contributed by atoms with Gasteiger partial charge in [0, 0.05) is 12.1 Å². The van der Waals surface area contributed by atoms with E-state index in [2.05, 4.69) is 12.2 Å². The van der Waals surface area contributed by atoms with Crippen LogP contribution in [0.3, 0.4) is 0 Å². The van der Waals surface area contributed by atoms with Crippen LogP contribution in [-0.4, -0.2) is 26.1 Å². The summed E-state index contributed by atoms with van der Waals surface area (Å²) in [6, 6.07) is 5.45. The molecule has 0 bridgehead atoms. The van der Waals surface area contributed by atoms with E-state index in [4.69, 9.17) is 10.5 Å². The molecule has 0 saturated carbocycles. The Morgan fingerprint density at radius 1 is 1.50 bits per heavy atom. The highest BCUT2D eigenvalue weighted by molar-refractivity contribution is 5.94. The molecule has 1 unspecified atom stereocenters. The first-order valence-electron chi connectivity index (χ1n) is 6.21. The number of amides is 1. The average molecular weight is 250 g/mol. The Morgan fingerprint density at radius 3 is 2.83 bits per heavy atom. The Morgan fingerprint density at radius 2 is 2.22 bits per heavy atom. The van der Waals surface area contributed by atoms with E-state index in [-0.39, 0.29) is 5.91 Å². The predicted molar refractivity (Wildman–Crippen MR) is 72.9 cm³/mol. The highest BCUT2D eigenvalue weighted by atomic mass is 16.5. The Hall–Kier alpha value is -1.55. The molecule has 0 aliphatic heterocycles. The fourth-order valence-electron chi connectivity index (χ4n) is 1.72. The number of nitrogens with one attached hydrogen (secondary N) is 1. The van der Waals surface area contributed by atoms with E-state index in [1.165, 1.54) is 0 Å². The third-order valence-electron chi connectivity index (χ3n) is 2.94. The van der Waals surface area contributed by atoms with Crippen molar-refractivity contribution in [1.29, 1.82) is 0 Å². The van der Waals surface area contributed by atoms with Crippen molar-refractivity contribution in [3.63, 3.8) is 0 Å². The monoisotopic (exact) mass is 250 g/mol. The number of hydrogen-bond donors (Lipinski definition) is 2. The number of rotatable bonds is 6. The minimum Gasteiger partial charge on any atom is -0.496 e. The molecule has 4 heteroatoms. The van der Waals surface area contributed by atoms with Crippen LogP contribution in [-0.2, 0) is 0 Å². The van der Waals surface area contributed by atoms with Crippen molar-refractivity contribution in [2.45, 2.75) is 20.3 Å². The Kier molecular flexibility index (Phi) is 5.65. The molecule has 100 valence electrons. The fraction of sp³-hybridized carbons (Fsp3) is 0.500. The summed E-state index contributed by atoms with van der Waals surface area (Å²) in [7, 11) is 1.60. The smallest absolute Gasteiger partial charge is 0.251 e. The average Bonchev–Trinajstić information content (AvgIpc) is 2.37. The maximum absolute atomic E-state index is 11.9. The fourth-order valence-corrected chi connectivity index (χ4v) is 1.72. The molecule has 1 aromatic carbocycles. The minimum atomic E-state index is -0.0721. The van der Waals surface area contributed by atoms with Crippen LogP contribution in [0.15, 0.2) is 18.2 Å². The van der Waals surface area contributed by atoms with Crippen LogP contribution >= 0.6 is 0 Å². The number of hydrogen-bond acceptors (Lipinski definition) is 3. The quantitative estimate of drug-likeness (QED) is 0.808. The van der Waals surface area contributed by atoms with Gasteiger partial charge in [-0.15, -0.1) is 0 Å². The number of methoxy groups -OCH3 is 1. The lowest BCUT2D eigenvalue weighted by Crippen LogP contribution is -2.29. The minimum absolute atomic E-state index is 0.0721. The van der Waals surface area contributed by atoms with Crippen LogP contribution in [0.25, 0.3) is 0 Å². The van der Waals surface area contributed by atoms with Gasteiger partial charge in [0.25, 0.3) is 5.91 Å². The van der Waals surface area contributed by atoms with E-state index in [9.17, 15) is 4.79 Å². The summed E-state index contributed by atoms with van der Waals surface area (Å²) in [5.41, 5.74) is 7.11. The van der Waals surface area contributed by atoms with Crippen molar-refractivity contribution < 1.29 is 9.53 Å². The summed E-state index contributed by atoms with van der Waals surface area (Å²) in [5, 5.41) is 2.90. The largest absolute Gasteiger partial charge is 0.496 e. The van der Waals surface area contributed by atoms with E-state index in [0.29, 0.717) is 24.6 Å². The van der Waals surface area contributed by atoms with Gasteiger partial charge in [-0.25, -0.2) is 0 Å². The molecule has 1 atom stereocenters. The molecular weight excluding hydrogens is 228 g/mol. The highest BCUT2D eigenvalue weighted by Gasteiger charge is 2.09. The van der Waals surface area contributed by atoms with Gasteiger partial charge in [0.15, 0.2) is 0 Å². The zero-order valence-electron chi connectivity index (χ0n) is 11.3. The lowest BCUT2D eigenvalue weighted by molar-refractivity contribution is 0.0947. The van der Waals surface area contributed by atoms with E-state index in [1.807, 2.05) is 13.0 Å². The third kappa shape index (κ3) is 4.04. The lowest BCUT2D eigenvalue weighted by atomic mass is 10.1. The maximum atomic E-state index is 11.9. The molecule has 0 aromatic heterocycles. The molecule has 1 amide bonds. The molecule has 18 heavy (non-hydrogen) atoms. The second-order valence-electron chi connectivity index (χ2n) is 4.58.